The Hall–Kier alpha value is -2.28. The van der Waals surface area contributed by atoms with E-state index in [1.165, 1.54) is 16.5 Å². The summed E-state index contributed by atoms with van der Waals surface area (Å²) in [5, 5.41) is 1.22. The van der Waals surface area contributed by atoms with Crippen LogP contribution < -0.4 is 0 Å². The van der Waals surface area contributed by atoms with E-state index in [1.54, 1.807) is 0 Å². The van der Waals surface area contributed by atoms with Gasteiger partial charge < -0.3 is 4.42 Å². The lowest BCUT2D eigenvalue weighted by molar-refractivity contribution is 0.517. The van der Waals surface area contributed by atoms with Gasteiger partial charge in [0.05, 0.1) is 0 Å². The van der Waals surface area contributed by atoms with Crippen molar-refractivity contribution >= 4 is 17.0 Å². The van der Waals surface area contributed by atoms with E-state index >= 15 is 0 Å². The first-order valence-electron chi connectivity index (χ1n) is 6.66. The molecule has 1 nitrogen and oxygen atoms in total. The molecule has 3 aromatic rings. The van der Waals surface area contributed by atoms with Crippen LogP contribution in [-0.4, -0.2) is 0 Å². The zero-order valence-corrected chi connectivity index (χ0v) is 10.5. The fourth-order valence-electron chi connectivity index (χ4n) is 2.92. The second kappa shape index (κ2) is 4.13. The van der Waals surface area contributed by atoms with Crippen molar-refractivity contribution < 1.29 is 4.42 Å². The van der Waals surface area contributed by atoms with Crippen LogP contribution >= 0.6 is 0 Å². The summed E-state index contributed by atoms with van der Waals surface area (Å²) < 4.78 is 6.11. The predicted octanol–water partition coefficient (Wildman–Crippen LogP) is 4.98. The highest BCUT2D eigenvalue weighted by Gasteiger charge is 2.24. The van der Waals surface area contributed by atoms with E-state index in [4.69, 9.17) is 4.42 Å². The standard InChI is InChI=1S/C18H14O/c1-2-7-13(8-3-1)14-10-6-11-16-15-9-4-5-12-17(15)19-18(14)16/h1-9,11-12,14H,10H2. The normalized spacial score (nSPS) is 17.6. The molecule has 0 radical (unpaired) electrons. The third-order valence-electron chi connectivity index (χ3n) is 3.84. The van der Waals surface area contributed by atoms with Crippen LogP contribution in [0, 0.1) is 0 Å². The van der Waals surface area contributed by atoms with Crippen molar-refractivity contribution in [1.29, 1.82) is 0 Å². The van der Waals surface area contributed by atoms with Gasteiger partial charge in [0.15, 0.2) is 0 Å². The third kappa shape index (κ3) is 1.62. The topological polar surface area (TPSA) is 13.1 Å². The van der Waals surface area contributed by atoms with Gasteiger partial charge in [-0.05, 0) is 18.1 Å². The van der Waals surface area contributed by atoms with Gasteiger partial charge in [0, 0.05) is 16.9 Å². The fraction of sp³-hybridized carbons (Fsp3) is 0.111. The van der Waals surface area contributed by atoms with Crippen molar-refractivity contribution in [3.8, 4) is 0 Å². The molecule has 1 unspecified atom stereocenters. The Bertz CT molecular complexity index is 750. The van der Waals surface area contributed by atoms with Gasteiger partial charge in [-0.2, -0.15) is 0 Å². The van der Waals surface area contributed by atoms with Crippen molar-refractivity contribution in [2.75, 3.05) is 0 Å². The highest BCUT2D eigenvalue weighted by atomic mass is 16.3. The van der Waals surface area contributed by atoms with E-state index in [0.717, 1.165) is 17.8 Å². The number of para-hydroxylation sites is 1. The molecule has 0 aliphatic heterocycles. The number of hydrogen-bond donors (Lipinski definition) is 0. The maximum atomic E-state index is 6.11. The molecule has 4 rings (SSSR count). The number of hydrogen-bond acceptors (Lipinski definition) is 1. The van der Waals surface area contributed by atoms with Crippen molar-refractivity contribution in [3.63, 3.8) is 0 Å². The number of benzene rings is 2. The smallest absolute Gasteiger partial charge is 0.134 e. The zero-order chi connectivity index (χ0) is 12.7. The van der Waals surface area contributed by atoms with Gasteiger partial charge in [0.2, 0.25) is 0 Å². The molecule has 0 spiro atoms. The molecule has 1 aromatic heterocycles. The lowest BCUT2D eigenvalue weighted by Crippen LogP contribution is -2.03. The first-order valence-corrected chi connectivity index (χ1v) is 6.66. The largest absolute Gasteiger partial charge is 0.460 e. The highest BCUT2D eigenvalue weighted by Crippen LogP contribution is 2.40. The van der Waals surface area contributed by atoms with Crippen molar-refractivity contribution in [2.24, 2.45) is 0 Å². The average molecular weight is 246 g/mol. The second-order valence-electron chi connectivity index (χ2n) is 4.98. The predicted molar refractivity (Wildman–Crippen MR) is 78.2 cm³/mol. The van der Waals surface area contributed by atoms with Gasteiger partial charge in [-0.25, -0.2) is 0 Å². The van der Waals surface area contributed by atoms with Crippen molar-refractivity contribution in [2.45, 2.75) is 12.3 Å². The van der Waals surface area contributed by atoms with Gasteiger partial charge in [-0.3, -0.25) is 0 Å². The molecule has 0 amide bonds. The molecule has 0 fully saturated rings. The Morgan fingerprint density at radius 1 is 0.895 bits per heavy atom. The summed E-state index contributed by atoms with van der Waals surface area (Å²) in [6, 6.07) is 18.9. The first kappa shape index (κ1) is 10.6. The van der Waals surface area contributed by atoms with Gasteiger partial charge in [0.1, 0.15) is 11.3 Å². The third-order valence-corrected chi connectivity index (χ3v) is 3.84. The summed E-state index contributed by atoms with van der Waals surface area (Å²) in [6.45, 7) is 0. The van der Waals surface area contributed by atoms with E-state index in [-0.39, 0.29) is 0 Å². The van der Waals surface area contributed by atoms with E-state index < -0.39 is 0 Å². The molecule has 0 saturated carbocycles. The lowest BCUT2D eigenvalue weighted by atomic mass is 9.87. The Labute approximate surface area is 112 Å². The Morgan fingerprint density at radius 2 is 1.68 bits per heavy atom. The zero-order valence-electron chi connectivity index (χ0n) is 10.5. The molecule has 1 heteroatoms. The Morgan fingerprint density at radius 3 is 2.58 bits per heavy atom. The van der Waals surface area contributed by atoms with Gasteiger partial charge in [-0.15, -0.1) is 0 Å². The van der Waals surface area contributed by atoms with E-state index in [1.807, 2.05) is 12.1 Å². The van der Waals surface area contributed by atoms with Gasteiger partial charge in [-0.1, -0.05) is 60.7 Å². The monoisotopic (exact) mass is 246 g/mol. The molecule has 0 saturated heterocycles. The van der Waals surface area contributed by atoms with Crippen LogP contribution in [0.15, 0.2) is 65.1 Å². The Kier molecular flexibility index (Phi) is 2.31. The van der Waals surface area contributed by atoms with Crippen LogP contribution in [0.5, 0.6) is 0 Å². The van der Waals surface area contributed by atoms with Crippen LogP contribution in [0.3, 0.4) is 0 Å². The van der Waals surface area contributed by atoms with Crippen molar-refractivity contribution in [1.82, 2.24) is 0 Å². The van der Waals surface area contributed by atoms with Crippen molar-refractivity contribution in [3.05, 3.63) is 77.6 Å². The maximum Gasteiger partial charge on any atom is 0.134 e. The summed E-state index contributed by atoms with van der Waals surface area (Å²) in [7, 11) is 0. The lowest BCUT2D eigenvalue weighted by Gasteiger charge is -2.17. The van der Waals surface area contributed by atoms with Crippen LogP contribution in [0.1, 0.15) is 29.2 Å². The molecule has 0 N–H and O–H groups in total. The molecule has 1 aliphatic rings. The highest BCUT2D eigenvalue weighted by molar-refractivity contribution is 5.89. The molecule has 1 aliphatic carbocycles. The van der Waals surface area contributed by atoms with E-state index in [9.17, 15) is 0 Å². The maximum absolute atomic E-state index is 6.11. The SMILES string of the molecule is C1=Cc2c(oc3ccccc23)C(c2ccccc2)C1. The van der Waals surface area contributed by atoms with Crippen LogP contribution in [0.2, 0.25) is 0 Å². The first-order chi connectivity index (χ1) is 9.43. The minimum atomic E-state index is 0.341. The number of rotatable bonds is 1. The number of allylic oxidation sites excluding steroid dienone is 1. The molecule has 19 heavy (non-hydrogen) atoms. The molecular weight excluding hydrogens is 232 g/mol. The second-order valence-corrected chi connectivity index (χ2v) is 4.98. The molecule has 1 heterocycles. The van der Waals surface area contributed by atoms with Gasteiger partial charge in [0.25, 0.3) is 0 Å². The van der Waals surface area contributed by atoms with Crippen LogP contribution in [-0.2, 0) is 0 Å². The average Bonchev–Trinajstić information content (AvgIpc) is 2.87. The number of fused-ring (bicyclic) bond motifs is 3. The summed E-state index contributed by atoms with van der Waals surface area (Å²) >= 11 is 0. The van der Waals surface area contributed by atoms with Crippen LogP contribution in [0.25, 0.3) is 17.0 Å². The summed E-state index contributed by atoms with van der Waals surface area (Å²) in [5.74, 6) is 1.45. The summed E-state index contributed by atoms with van der Waals surface area (Å²) in [6.07, 6.45) is 5.46. The quantitative estimate of drug-likeness (QED) is 0.590. The minimum Gasteiger partial charge on any atom is -0.460 e. The van der Waals surface area contributed by atoms with E-state index in [0.29, 0.717) is 5.92 Å². The van der Waals surface area contributed by atoms with Gasteiger partial charge >= 0.3 is 0 Å². The van der Waals surface area contributed by atoms with Crippen LogP contribution in [0.4, 0.5) is 0 Å². The molecule has 92 valence electrons. The Balaban J connectivity index is 1.94. The minimum absolute atomic E-state index is 0.341. The molecule has 0 bridgehead atoms. The summed E-state index contributed by atoms with van der Waals surface area (Å²) in [4.78, 5) is 0. The molecule has 1 atom stereocenters. The van der Waals surface area contributed by atoms with E-state index in [2.05, 4.69) is 54.6 Å². The fourth-order valence-corrected chi connectivity index (χ4v) is 2.92. The summed E-state index contributed by atoms with van der Waals surface area (Å²) in [5.41, 5.74) is 3.56. The number of furan rings is 1. The molecule has 2 aromatic carbocycles. The molecular formula is C18H14O.